The summed E-state index contributed by atoms with van der Waals surface area (Å²) in [4.78, 5) is 4.13. The van der Waals surface area contributed by atoms with Crippen LogP contribution in [0.4, 0.5) is 11.4 Å². The fraction of sp³-hybridized carbons (Fsp3) is 0.471. The van der Waals surface area contributed by atoms with E-state index in [9.17, 15) is 0 Å². The first-order valence-electron chi connectivity index (χ1n) is 7.62. The molecule has 3 N–H and O–H groups in total. The van der Waals surface area contributed by atoms with Crippen LogP contribution in [-0.4, -0.2) is 11.5 Å². The Kier molecular flexibility index (Phi) is 5.22. The van der Waals surface area contributed by atoms with Crippen LogP contribution >= 0.6 is 0 Å². The molecule has 0 radical (unpaired) electrons. The van der Waals surface area contributed by atoms with E-state index in [0.29, 0.717) is 0 Å². The molecule has 108 valence electrons. The van der Waals surface area contributed by atoms with Crippen molar-refractivity contribution in [3.63, 3.8) is 0 Å². The highest BCUT2D eigenvalue weighted by molar-refractivity contribution is 5.98. The Bertz CT molecular complexity index is 551. The molecule has 0 aliphatic carbocycles. The van der Waals surface area contributed by atoms with Gasteiger partial charge in [-0.15, -0.1) is 0 Å². The van der Waals surface area contributed by atoms with E-state index in [1.165, 1.54) is 25.7 Å². The zero-order valence-electron chi connectivity index (χ0n) is 12.5. The van der Waals surface area contributed by atoms with Gasteiger partial charge in [0.05, 0.1) is 11.4 Å². The number of benzene rings is 1. The summed E-state index contributed by atoms with van der Waals surface area (Å²) < 4.78 is 0. The summed E-state index contributed by atoms with van der Waals surface area (Å²) in [6, 6.07) is 6.12. The minimum absolute atomic E-state index is 0.725. The van der Waals surface area contributed by atoms with E-state index in [-0.39, 0.29) is 0 Å². The predicted molar refractivity (Wildman–Crippen MR) is 88.0 cm³/mol. The standard InChI is InChI=1S/C17H25N3/c1-3-5-6-13(4-2)11-20-16-8-7-14-12-19-10-9-15(14)17(16)18/h7-10,12-13,20H,3-6,11,18H2,1-2H3. The molecule has 0 aliphatic heterocycles. The first kappa shape index (κ1) is 14.6. The normalized spacial score (nSPS) is 12.5. The number of hydrogen-bond acceptors (Lipinski definition) is 3. The van der Waals surface area contributed by atoms with Crippen LogP contribution < -0.4 is 11.1 Å². The molecule has 1 unspecified atom stereocenters. The summed E-state index contributed by atoms with van der Waals surface area (Å²) in [7, 11) is 0. The summed E-state index contributed by atoms with van der Waals surface area (Å²) in [5.74, 6) is 0.725. The maximum absolute atomic E-state index is 6.26. The van der Waals surface area contributed by atoms with Gasteiger partial charge < -0.3 is 11.1 Å². The SMILES string of the molecule is CCCCC(CC)CNc1ccc2cnccc2c1N. The van der Waals surface area contributed by atoms with Crippen LogP contribution in [0.25, 0.3) is 10.8 Å². The van der Waals surface area contributed by atoms with Crippen LogP contribution in [0.15, 0.2) is 30.6 Å². The third kappa shape index (κ3) is 3.41. The zero-order chi connectivity index (χ0) is 14.4. The van der Waals surface area contributed by atoms with E-state index in [2.05, 4.69) is 36.3 Å². The second-order valence-electron chi connectivity index (χ2n) is 5.42. The number of nitrogen functional groups attached to an aromatic ring is 1. The molecular formula is C17H25N3. The topological polar surface area (TPSA) is 50.9 Å². The summed E-state index contributed by atoms with van der Waals surface area (Å²) in [5, 5.41) is 5.69. The highest BCUT2D eigenvalue weighted by Gasteiger charge is 2.08. The molecule has 2 aromatic rings. The highest BCUT2D eigenvalue weighted by Crippen LogP contribution is 2.28. The van der Waals surface area contributed by atoms with Crippen molar-refractivity contribution < 1.29 is 0 Å². The molecule has 3 nitrogen and oxygen atoms in total. The molecule has 1 aromatic heterocycles. The molecule has 0 fully saturated rings. The van der Waals surface area contributed by atoms with Gasteiger partial charge in [0.1, 0.15) is 0 Å². The van der Waals surface area contributed by atoms with Crippen LogP contribution in [0.3, 0.4) is 0 Å². The van der Waals surface area contributed by atoms with Crippen LogP contribution in [-0.2, 0) is 0 Å². The molecule has 20 heavy (non-hydrogen) atoms. The molecule has 0 saturated carbocycles. The lowest BCUT2D eigenvalue weighted by atomic mass is 9.99. The van der Waals surface area contributed by atoms with Crippen molar-refractivity contribution in [1.82, 2.24) is 4.98 Å². The summed E-state index contributed by atoms with van der Waals surface area (Å²) in [5.41, 5.74) is 8.13. The second-order valence-corrected chi connectivity index (χ2v) is 5.42. The van der Waals surface area contributed by atoms with Crippen LogP contribution in [0.5, 0.6) is 0 Å². The van der Waals surface area contributed by atoms with E-state index in [1.807, 2.05) is 12.3 Å². The Labute approximate surface area is 121 Å². The molecule has 3 heteroatoms. The third-order valence-corrected chi connectivity index (χ3v) is 3.99. The summed E-state index contributed by atoms with van der Waals surface area (Å²) in [6.07, 6.45) is 8.71. The van der Waals surface area contributed by atoms with Crippen molar-refractivity contribution in [2.45, 2.75) is 39.5 Å². The van der Waals surface area contributed by atoms with Crippen molar-refractivity contribution in [3.8, 4) is 0 Å². The Morgan fingerprint density at radius 2 is 2.10 bits per heavy atom. The number of pyridine rings is 1. The third-order valence-electron chi connectivity index (χ3n) is 3.99. The van der Waals surface area contributed by atoms with Gasteiger partial charge in [-0.3, -0.25) is 4.98 Å². The van der Waals surface area contributed by atoms with E-state index in [0.717, 1.165) is 34.6 Å². The average molecular weight is 271 g/mol. The lowest BCUT2D eigenvalue weighted by molar-refractivity contribution is 0.473. The molecule has 0 amide bonds. The Hall–Kier alpha value is -1.77. The fourth-order valence-corrected chi connectivity index (χ4v) is 2.54. The second kappa shape index (κ2) is 7.13. The van der Waals surface area contributed by atoms with Crippen molar-refractivity contribution in [2.24, 2.45) is 5.92 Å². The predicted octanol–water partition coefficient (Wildman–Crippen LogP) is 4.45. The number of nitrogens with zero attached hydrogens (tertiary/aromatic N) is 1. The van der Waals surface area contributed by atoms with Gasteiger partial charge in [0, 0.05) is 29.7 Å². The first-order valence-corrected chi connectivity index (χ1v) is 7.62. The van der Waals surface area contributed by atoms with Gasteiger partial charge in [-0.1, -0.05) is 39.2 Å². The van der Waals surface area contributed by atoms with E-state index in [1.54, 1.807) is 6.20 Å². The number of rotatable bonds is 7. The zero-order valence-corrected chi connectivity index (χ0v) is 12.5. The maximum Gasteiger partial charge on any atom is 0.0630 e. The van der Waals surface area contributed by atoms with Crippen molar-refractivity contribution >= 4 is 22.1 Å². The minimum atomic E-state index is 0.725. The van der Waals surface area contributed by atoms with Crippen LogP contribution in [0.1, 0.15) is 39.5 Å². The minimum Gasteiger partial charge on any atom is -0.397 e. The highest BCUT2D eigenvalue weighted by atomic mass is 14.9. The largest absolute Gasteiger partial charge is 0.397 e. The molecule has 0 saturated heterocycles. The number of hydrogen-bond donors (Lipinski definition) is 2. The molecule has 0 aliphatic rings. The molecular weight excluding hydrogens is 246 g/mol. The van der Waals surface area contributed by atoms with E-state index >= 15 is 0 Å². The number of fused-ring (bicyclic) bond motifs is 1. The number of anilines is 2. The van der Waals surface area contributed by atoms with Gasteiger partial charge in [0.15, 0.2) is 0 Å². The molecule has 2 rings (SSSR count). The van der Waals surface area contributed by atoms with Gasteiger partial charge in [0.25, 0.3) is 0 Å². The van der Waals surface area contributed by atoms with Gasteiger partial charge >= 0.3 is 0 Å². The number of nitrogens with two attached hydrogens (primary N) is 1. The molecule has 1 heterocycles. The summed E-state index contributed by atoms with van der Waals surface area (Å²) >= 11 is 0. The lowest BCUT2D eigenvalue weighted by Gasteiger charge is -2.18. The molecule has 0 bridgehead atoms. The van der Waals surface area contributed by atoms with Crippen molar-refractivity contribution in [2.75, 3.05) is 17.6 Å². The average Bonchev–Trinajstić information content (AvgIpc) is 2.49. The molecule has 1 aromatic carbocycles. The molecule has 1 atom stereocenters. The monoisotopic (exact) mass is 271 g/mol. The number of aromatic nitrogens is 1. The lowest BCUT2D eigenvalue weighted by Crippen LogP contribution is -2.14. The quantitative estimate of drug-likeness (QED) is 0.732. The van der Waals surface area contributed by atoms with Gasteiger partial charge in [-0.2, -0.15) is 0 Å². The van der Waals surface area contributed by atoms with Crippen molar-refractivity contribution in [1.29, 1.82) is 0 Å². The smallest absolute Gasteiger partial charge is 0.0630 e. The van der Waals surface area contributed by atoms with E-state index in [4.69, 9.17) is 5.73 Å². The van der Waals surface area contributed by atoms with Crippen molar-refractivity contribution in [3.05, 3.63) is 30.6 Å². The van der Waals surface area contributed by atoms with Gasteiger partial charge in [0.2, 0.25) is 0 Å². The van der Waals surface area contributed by atoms with Gasteiger partial charge in [-0.05, 0) is 24.5 Å². The molecule has 0 spiro atoms. The first-order chi connectivity index (χ1) is 9.76. The van der Waals surface area contributed by atoms with E-state index < -0.39 is 0 Å². The van der Waals surface area contributed by atoms with Gasteiger partial charge in [-0.25, -0.2) is 0 Å². The van der Waals surface area contributed by atoms with Crippen LogP contribution in [0, 0.1) is 5.92 Å². The maximum atomic E-state index is 6.26. The fourth-order valence-electron chi connectivity index (χ4n) is 2.54. The number of nitrogens with one attached hydrogen (secondary N) is 1. The summed E-state index contributed by atoms with van der Waals surface area (Å²) in [6.45, 7) is 5.50. The Morgan fingerprint density at radius 1 is 1.25 bits per heavy atom. The Balaban J connectivity index is 2.07. The number of unbranched alkanes of at least 4 members (excludes halogenated alkanes) is 1. The Morgan fingerprint density at radius 3 is 2.85 bits per heavy atom. The van der Waals surface area contributed by atoms with Crippen LogP contribution in [0.2, 0.25) is 0 Å².